The normalized spacial score (nSPS) is 13.8. The fourth-order valence-electron chi connectivity index (χ4n) is 1.61. The van der Waals surface area contributed by atoms with Crippen molar-refractivity contribution in [1.29, 1.82) is 0 Å². The van der Waals surface area contributed by atoms with Gasteiger partial charge in [-0.2, -0.15) is 9.97 Å². The maximum atomic E-state index is 11.7. The smallest absolute Gasteiger partial charge is 0.347 e. The van der Waals surface area contributed by atoms with Gasteiger partial charge in [-0.1, -0.05) is 0 Å². The summed E-state index contributed by atoms with van der Waals surface area (Å²) in [6.07, 6.45) is 0. The highest BCUT2D eigenvalue weighted by molar-refractivity contribution is 5.90. The molecule has 0 spiro atoms. The average Bonchev–Trinajstić information content (AvgIpc) is 2.61. The molecule has 0 fully saturated rings. The minimum Gasteiger partial charge on any atom is -0.347 e. The van der Waals surface area contributed by atoms with Gasteiger partial charge in [0.2, 0.25) is 17.8 Å². The molecule has 2 rings (SSSR count). The Balaban J connectivity index is 2.57. The van der Waals surface area contributed by atoms with E-state index in [1.807, 2.05) is 0 Å². The van der Waals surface area contributed by atoms with Crippen LogP contribution in [0.4, 0.5) is 11.9 Å². The first kappa shape index (κ1) is 10.6. The molecule has 86 valence electrons. The summed E-state index contributed by atoms with van der Waals surface area (Å²) in [4.78, 5) is 34.1. The van der Waals surface area contributed by atoms with Crippen molar-refractivity contribution in [2.75, 3.05) is 30.4 Å². The summed E-state index contributed by atoms with van der Waals surface area (Å²) in [5.74, 6) is 0.592. The van der Waals surface area contributed by atoms with Gasteiger partial charge in [0, 0.05) is 34.1 Å². The number of rotatable bonds is 1. The van der Waals surface area contributed by atoms with Crippen LogP contribution in [0.2, 0.25) is 0 Å². The zero-order valence-electron chi connectivity index (χ0n) is 9.47. The number of fused-ring (bicyclic) bond motifs is 1. The molecule has 1 aromatic rings. The first-order chi connectivity index (χ1) is 7.50. The zero-order chi connectivity index (χ0) is 11.9. The SMILES string of the molecule is CC(=O)N1CCn2c1nc(N(C)C)nc2=O. The molecule has 7 heteroatoms. The number of amides is 1. The predicted octanol–water partition coefficient (Wildman–Crippen LogP) is -0.929. The minimum absolute atomic E-state index is 0.117. The molecule has 1 aromatic heterocycles. The standard InChI is InChI=1S/C9H13N5O2/c1-6(15)13-4-5-14-8(13)10-7(12(2)3)11-9(14)16/h4-5H2,1-3H3. The third-order valence-corrected chi connectivity index (χ3v) is 2.44. The van der Waals surface area contributed by atoms with Crippen LogP contribution in [0.5, 0.6) is 0 Å². The van der Waals surface area contributed by atoms with Gasteiger partial charge in [-0.05, 0) is 0 Å². The second kappa shape index (κ2) is 3.58. The second-order valence-corrected chi connectivity index (χ2v) is 3.82. The number of anilines is 2. The molecule has 0 N–H and O–H groups in total. The molecule has 0 unspecified atom stereocenters. The lowest BCUT2D eigenvalue weighted by molar-refractivity contribution is -0.116. The number of carbonyl (C=O) groups is 1. The molecule has 0 saturated heterocycles. The lowest BCUT2D eigenvalue weighted by Gasteiger charge is -2.15. The van der Waals surface area contributed by atoms with E-state index in [9.17, 15) is 9.59 Å². The summed E-state index contributed by atoms with van der Waals surface area (Å²) < 4.78 is 1.41. The number of carbonyl (C=O) groups excluding carboxylic acids is 1. The van der Waals surface area contributed by atoms with Gasteiger partial charge >= 0.3 is 5.69 Å². The van der Waals surface area contributed by atoms with E-state index < -0.39 is 0 Å². The largest absolute Gasteiger partial charge is 0.353 e. The van der Waals surface area contributed by atoms with Crippen LogP contribution in [-0.4, -0.2) is 41.1 Å². The van der Waals surface area contributed by atoms with Crippen LogP contribution < -0.4 is 15.5 Å². The maximum Gasteiger partial charge on any atom is 0.353 e. The Morgan fingerprint density at radius 3 is 2.56 bits per heavy atom. The number of hydrogen-bond donors (Lipinski definition) is 0. The Hall–Kier alpha value is -1.92. The molecule has 16 heavy (non-hydrogen) atoms. The Morgan fingerprint density at radius 1 is 1.31 bits per heavy atom. The van der Waals surface area contributed by atoms with Crippen molar-refractivity contribution in [3.63, 3.8) is 0 Å². The minimum atomic E-state index is -0.363. The Bertz CT molecular complexity index is 493. The van der Waals surface area contributed by atoms with E-state index in [0.717, 1.165) is 0 Å². The van der Waals surface area contributed by atoms with E-state index in [0.29, 0.717) is 25.0 Å². The van der Waals surface area contributed by atoms with Crippen molar-refractivity contribution in [1.82, 2.24) is 14.5 Å². The van der Waals surface area contributed by atoms with Crippen molar-refractivity contribution >= 4 is 17.8 Å². The fraction of sp³-hybridized carbons (Fsp3) is 0.556. The lowest BCUT2D eigenvalue weighted by Crippen LogP contribution is -2.30. The first-order valence-corrected chi connectivity index (χ1v) is 4.95. The van der Waals surface area contributed by atoms with Crippen molar-refractivity contribution in [3.8, 4) is 0 Å². The molecule has 0 bridgehead atoms. The number of aromatic nitrogens is 3. The molecule has 7 nitrogen and oxygen atoms in total. The van der Waals surface area contributed by atoms with Gasteiger partial charge in [-0.25, -0.2) is 4.79 Å². The molecule has 0 radical (unpaired) electrons. The molecule has 0 aliphatic carbocycles. The van der Waals surface area contributed by atoms with Crippen LogP contribution in [0.25, 0.3) is 0 Å². The summed E-state index contributed by atoms with van der Waals surface area (Å²) in [5.41, 5.74) is -0.363. The van der Waals surface area contributed by atoms with E-state index >= 15 is 0 Å². The third kappa shape index (κ3) is 1.54. The second-order valence-electron chi connectivity index (χ2n) is 3.82. The van der Waals surface area contributed by atoms with Crippen LogP contribution in [0.1, 0.15) is 6.92 Å². The van der Waals surface area contributed by atoms with Crippen LogP contribution in [0, 0.1) is 0 Å². The number of hydrogen-bond acceptors (Lipinski definition) is 5. The third-order valence-electron chi connectivity index (χ3n) is 2.44. The quantitative estimate of drug-likeness (QED) is 0.615. The Kier molecular flexibility index (Phi) is 2.37. The highest BCUT2D eigenvalue weighted by Crippen LogP contribution is 2.17. The van der Waals surface area contributed by atoms with Gasteiger partial charge in [0.25, 0.3) is 0 Å². The molecule has 1 aliphatic rings. The first-order valence-electron chi connectivity index (χ1n) is 4.95. The van der Waals surface area contributed by atoms with Gasteiger partial charge in [0.1, 0.15) is 0 Å². The van der Waals surface area contributed by atoms with Crippen LogP contribution >= 0.6 is 0 Å². The van der Waals surface area contributed by atoms with Crippen molar-refractivity contribution in [2.45, 2.75) is 13.5 Å². The summed E-state index contributed by atoms with van der Waals surface area (Å²) >= 11 is 0. The maximum absolute atomic E-state index is 11.7. The highest BCUT2D eigenvalue weighted by Gasteiger charge is 2.26. The van der Waals surface area contributed by atoms with Crippen molar-refractivity contribution in [3.05, 3.63) is 10.5 Å². The van der Waals surface area contributed by atoms with Crippen LogP contribution in [0.3, 0.4) is 0 Å². The summed E-state index contributed by atoms with van der Waals surface area (Å²) in [5, 5.41) is 0. The predicted molar refractivity (Wildman–Crippen MR) is 58.6 cm³/mol. The molecule has 0 saturated carbocycles. The number of nitrogens with zero attached hydrogens (tertiary/aromatic N) is 5. The van der Waals surface area contributed by atoms with E-state index in [1.54, 1.807) is 19.0 Å². The topological polar surface area (TPSA) is 71.3 Å². The monoisotopic (exact) mass is 223 g/mol. The van der Waals surface area contributed by atoms with Crippen LogP contribution in [-0.2, 0) is 11.3 Å². The van der Waals surface area contributed by atoms with Gasteiger partial charge in [-0.3, -0.25) is 14.3 Å². The lowest BCUT2D eigenvalue weighted by atomic mass is 10.5. The molecule has 2 heterocycles. The summed E-state index contributed by atoms with van der Waals surface area (Å²) in [6.45, 7) is 2.40. The average molecular weight is 223 g/mol. The zero-order valence-corrected chi connectivity index (χ0v) is 9.47. The van der Waals surface area contributed by atoms with Gasteiger partial charge in [0.05, 0.1) is 0 Å². The van der Waals surface area contributed by atoms with Gasteiger partial charge < -0.3 is 4.90 Å². The van der Waals surface area contributed by atoms with Crippen molar-refractivity contribution < 1.29 is 4.79 Å². The van der Waals surface area contributed by atoms with E-state index in [1.165, 1.54) is 16.4 Å². The molecular formula is C9H13N5O2. The Morgan fingerprint density at radius 2 is 2.00 bits per heavy atom. The summed E-state index contributed by atoms with van der Waals surface area (Å²) in [6, 6.07) is 0. The Labute approximate surface area is 92.3 Å². The van der Waals surface area contributed by atoms with Crippen LogP contribution in [0.15, 0.2) is 4.79 Å². The fourth-order valence-corrected chi connectivity index (χ4v) is 1.61. The summed E-state index contributed by atoms with van der Waals surface area (Å²) in [7, 11) is 3.50. The van der Waals surface area contributed by atoms with E-state index in [2.05, 4.69) is 9.97 Å². The molecule has 1 amide bonds. The van der Waals surface area contributed by atoms with Gasteiger partial charge in [0.15, 0.2) is 0 Å². The van der Waals surface area contributed by atoms with Gasteiger partial charge in [-0.15, -0.1) is 0 Å². The van der Waals surface area contributed by atoms with Crippen molar-refractivity contribution in [2.24, 2.45) is 0 Å². The molecule has 0 aromatic carbocycles. The van der Waals surface area contributed by atoms with E-state index in [4.69, 9.17) is 0 Å². The molecular weight excluding hydrogens is 210 g/mol. The molecule has 0 atom stereocenters. The highest BCUT2D eigenvalue weighted by atomic mass is 16.2. The molecule has 1 aliphatic heterocycles. The van der Waals surface area contributed by atoms with E-state index in [-0.39, 0.29) is 11.6 Å².